The summed E-state index contributed by atoms with van der Waals surface area (Å²) in [5.74, 6) is -1.04. The van der Waals surface area contributed by atoms with Gasteiger partial charge in [0.1, 0.15) is 5.75 Å². The minimum absolute atomic E-state index is 0.0128. The number of carbonyl (C=O) groups is 2. The summed E-state index contributed by atoms with van der Waals surface area (Å²) in [6, 6.07) is 12.6. The molecule has 2 aromatic carbocycles. The summed E-state index contributed by atoms with van der Waals surface area (Å²) in [4.78, 5) is 23.9. The number of anilines is 1. The molecule has 0 radical (unpaired) electrons. The van der Waals surface area contributed by atoms with Crippen molar-refractivity contribution in [2.45, 2.75) is 32.8 Å². The summed E-state index contributed by atoms with van der Waals surface area (Å²) < 4.78 is 33.6. The number of esters is 1. The molecule has 0 aliphatic heterocycles. The van der Waals surface area contributed by atoms with Crippen LogP contribution in [-0.4, -0.2) is 25.1 Å². The molecule has 1 amide bonds. The number of benzene rings is 2. The zero-order valence-electron chi connectivity index (χ0n) is 15.1. The summed E-state index contributed by atoms with van der Waals surface area (Å²) in [7, 11) is 0. The Balaban J connectivity index is 1.87. The van der Waals surface area contributed by atoms with Crippen LogP contribution < -0.4 is 10.1 Å². The molecular weight excluding hydrogens is 356 g/mol. The Morgan fingerprint density at radius 1 is 1.11 bits per heavy atom. The molecule has 0 fully saturated rings. The van der Waals surface area contributed by atoms with E-state index in [9.17, 15) is 18.4 Å². The van der Waals surface area contributed by atoms with Crippen LogP contribution in [0.15, 0.2) is 48.5 Å². The van der Waals surface area contributed by atoms with Gasteiger partial charge in [-0.3, -0.25) is 4.79 Å². The Kier molecular flexibility index (Phi) is 7.28. The van der Waals surface area contributed by atoms with Crippen LogP contribution in [0.2, 0.25) is 0 Å². The lowest BCUT2D eigenvalue weighted by Gasteiger charge is -2.11. The molecule has 0 bridgehead atoms. The lowest BCUT2D eigenvalue weighted by molar-refractivity contribution is -0.119. The maximum Gasteiger partial charge on any atom is 0.387 e. The highest BCUT2D eigenvalue weighted by molar-refractivity contribution is 5.95. The van der Waals surface area contributed by atoms with Crippen LogP contribution in [0.4, 0.5) is 14.5 Å². The highest BCUT2D eigenvalue weighted by atomic mass is 19.3. The third-order valence-corrected chi connectivity index (χ3v) is 4.01. The number of ether oxygens (including phenoxy) is 2. The maximum absolute atomic E-state index is 12.2. The zero-order valence-corrected chi connectivity index (χ0v) is 15.1. The Bertz CT molecular complexity index is 778. The van der Waals surface area contributed by atoms with Gasteiger partial charge in [0, 0.05) is 5.69 Å². The lowest BCUT2D eigenvalue weighted by atomic mass is 9.99. The van der Waals surface area contributed by atoms with Crippen LogP contribution >= 0.6 is 0 Å². The van der Waals surface area contributed by atoms with Crippen molar-refractivity contribution >= 4 is 17.6 Å². The average molecular weight is 377 g/mol. The van der Waals surface area contributed by atoms with Crippen molar-refractivity contribution in [2.24, 2.45) is 0 Å². The minimum Gasteiger partial charge on any atom is -0.452 e. The Morgan fingerprint density at radius 2 is 1.81 bits per heavy atom. The molecule has 0 heterocycles. The molecule has 2 aromatic rings. The van der Waals surface area contributed by atoms with Gasteiger partial charge in [-0.05, 0) is 48.2 Å². The van der Waals surface area contributed by atoms with Crippen molar-refractivity contribution in [1.29, 1.82) is 0 Å². The third-order valence-electron chi connectivity index (χ3n) is 4.01. The summed E-state index contributed by atoms with van der Waals surface area (Å²) in [6.07, 6.45) is 1.02. The first-order chi connectivity index (χ1) is 12.9. The number of alkyl halides is 2. The Labute approximate surface area is 156 Å². The van der Waals surface area contributed by atoms with E-state index in [-0.39, 0.29) is 11.3 Å². The van der Waals surface area contributed by atoms with Crippen LogP contribution in [0, 0.1) is 0 Å². The van der Waals surface area contributed by atoms with Crippen LogP contribution in [0.1, 0.15) is 42.1 Å². The highest BCUT2D eigenvalue weighted by Crippen LogP contribution is 2.20. The van der Waals surface area contributed by atoms with Gasteiger partial charge >= 0.3 is 12.6 Å². The van der Waals surface area contributed by atoms with Gasteiger partial charge in [-0.1, -0.05) is 32.0 Å². The second-order valence-corrected chi connectivity index (χ2v) is 5.96. The number of amides is 1. The molecule has 0 aliphatic rings. The number of halogens is 2. The molecule has 1 atom stereocenters. The van der Waals surface area contributed by atoms with Gasteiger partial charge in [0.05, 0.1) is 5.56 Å². The Hall–Kier alpha value is -2.96. The van der Waals surface area contributed by atoms with Crippen molar-refractivity contribution < 1.29 is 27.8 Å². The summed E-state index contributed by atoms with van der Waals surface area (Å²) in [6.45, 7) is 0.735. The molecule has 0 saturated heterocycles. The topological polar surface area (TPSA) is 64.6 Å². The van der Waals surface area contributed by atoms with E-state index in [1.807, 2.05) is 12.1 Å². The van der Waals surface area contributed by atoms with Gasteiger partial charge in [0.15, 0.2) is 6.61 Å². The molecule has 1 unspecified atom stereocenters. The van der Waals surface area contributed by atoms with Crippen LogP contribution in [0.25, 0.3) is 0 Å². The van der Waals surface area contributed by atoms with E-state index in [4.69, 9.17) is 4.74 Å². The molecule has 144 valence electrons. The number of carbonyl (C=O) groups excluding carboxylic acids is 2. The SMILES string of the molecule is CCC(C)c1ccc(NC(=O)COC(=O)c2cccc(OC(F)F)c2)cc1. The first kappa shape index (κ1) is 20.4. The first-order valence-corrected chi connectivity index (χ1v) is 8.50. The van der Waals surface area contributed by atoms with Gasteiger partial charge in [-0.25, -0.2) is 4.79 Å². The fourth-order valence-electron chi connectivity index (χ4n) is 2.34. The Morgan fingerprint density at radius 3 is 2.44 bits per heavy atom. The van der Waals surface area contributed by atoms with E-state index in [0.717, 1.165) is 12.5 Å². The van der Waals surface area contributed by atoms with Crippen molar-refractivity contribution in [1.82, 2.24) is 0 Å². The summed E-state index contributed by atoms with van der Waals surface area (Å²) in [5, 5.41) is 2.63. The quantitative estimate of drug-likeness (QED) is 0.683. The molecule has 0 spiro atoms. The molecule has 5 nitrogen and oxygen atoms in total. The minimum atomic E-state index is -2.99. The maximum atomic E-state index is 12.2. The predicted octanol–water partition coefficient (Wildman–Crippen LogP) is 4.60. The van der Waals surface area contributed by atoms with E-state index in [1.54, 1.807) is 12.1 Å². The van der Waals surface area contributed by atoms with E-state index in [1.165, 1.54) is 23.8 Å². The molecule has 7 heteroatoms. The number of hydrogen-bond acceptors (Lipinski definition) is 4. The smallest absolute Gasteiger partial charge is 0.387 e. The van der Waals surface area contributed by atoms with Crippen molar-refractivity contribution in [3.05, 3.63) is 59.7 Å². The molecule has 1 N–H and O–H groups in total. The third kappa shape index (κ3) is 6.36. The monoisotopic (exact) mass is 377 g/mol. The van der Waals surface area contributed by atoms with E-state index >= 15 is 0 Å². The van der Waals surface area contributed by atoms with Crippen molar-refractivity contribution in [3.63, 3.8) is 0 Å². The second-order valence-electron chi connectivity index (χ2n) is 5.96. The fraction of sp³-hybridized carbons (Fsp3) is 0.300. The standard InChI is InChI=1S/C20H21F2NO4/c1-3-13(2)14-7-9-16(10-8-14)23-18(24)12-26-19(25)15-5-4-6-17(11-15)27-20(21)22/h4-11,13,20H,3,12H2,1-2H3,(H,23,24). The van der Waals surface area contributed by atoms with Gasteiger partial charge in [0.25, 0.3) is 5.91 Å². The zero-order chi connectivity index (χ0) is 19.8. The van der Waals surface area contributed by atoms with E-state index in [2.05, 4.69) is 23.9 Å². The van der Waals surface area contributed by atoms with E-state index in [0.29, 0.717) is 11.6 Å². The lowest BCUT2D eigenvalue weighted by Crippen LogP contribution is -2.21. The second kappa shape index (κ2) is 9.66. The van der Waals surface area contributed by atoms with Crippen LogP contribution in [-0.2, 0) is 9.53 Å². The molecule has 2 rings (SSSR count). The molecule has 0 aliphatic carbocycles. The average Bonchev–Trinajstić information content (AvgIpc) is 2.65. The van der Waals surface area contributed by atoms with Crippen LogP contribution in [0.5, 0.6) is 5.75 Å². The highest BCUT2D eigenvalue weighted by Gasteiger charge is 2.13. The normalized spacial score (nSPS) is 11.7. The molecule has 0 saturated carbocycles. The van der Waals surface area contributed by atoms with Gasteiger partial charge in [0.2, 0.25) is 0 Å². The van der Waals surface area contributed by atoms with Crippen molar-refractivity contribution in [3.8, 4) is 5.75 Å². The summed E-state index contributed by atoms with van der Waals surface area (Å²) >= 11 is 0. The van der Waals surface area contributed by atoms with Gasteiger partial charge in [-0.15, -0.1) is 0 Å². The van der Waals surface area contributed by atoms with Gasteiger partial charge < -0.3 is 14.8 Å². The number of hydrogen-bond donors (Lipinski definition) is 1. The van der Waals surface area contributed by atoms with Gasteiger partial charge in [-0.2, -0.15) is 8.78 Å². The molecule has 27 heavy (non-hydrogen) atoms. The molecule has 0 aromatic heterocycles. The first-order valence-electron chi connectivity index (χ1n) is 8.50. The largest absolute Gasteiger partial charge is 0.452 e. The molecular formula is C20H21F2NO4. The fourth-order valence-corrected chi connectivity index (χ4v) is 2.34. The summed E-state index contributed by atoms with van der Waals surface area (Å²) in [5.41, 5.74) is 1.78. The van der Waals surface area contributed by atoms with E-state index < -0.39 is 25.1 Å². The predicted molar refractivity (Wildman–Crippen MR) is 97.1 cm³/mol. The van der Waals surface area contributed by atoms with Crippen molar-refractivity contribution in [2.75, 3.05) is 11.9 Å². The number of rotatable bonds is 8. The number of nitrogens with one attached hydrogen (secondary N) is 1. The van der Waals surface area contributed by atoms with Crippen LogP contribution in [0.3, 0.4) is 0 Å².